The smallest absolute Gasteiger partial charge is 0.332 e. The maximum Gasteiger partial charge on any atom is 0.332 e. The van der Waals surface area contributed by atoms with Crippen molar-refractivity contribution in [2.45, 2.75) is 356 Å². The zero-order valence-corrected chi connectivity index (χ0v) is 86.5. The second-order valence-corrected chi connectivity index (χ2v) is 50.3. The number of aliphatic hydroxyl groups excluding tert-OH is 1. The Morgan fingerprint density at radius 3 is 0.880 bits per heavy atom. The predicted molar refractivity (Wildman–Crippen MR) is 506 cm³/mol. The summed E-state index contributed by atoms with van der Waals surface area (Å²) in [5.41, 5.74) is 6.84. The lowest BCUT2D eigenvalue weighted by Crippen LogP contribution is -2.67. The SMILES string of the molecule is C=C(C)[C@@H]1CC[C@]2(CO)CC[C@]3(C)[C@H](CC[C@@H]4[C@@]5(C)CC[C@H](OC(C)=O)C(C)(C)[C@@H]5CC[C@]43C)[C@@H]12.C=C(C)[C@@H]1CC[C@]2(COC(=O)CBr)CC[C@]3(C)[C@H](CC[C@@H]4[C@@]5(C)CC[C@H](OC(C)=O)C(C)(C)[C@@H]5CC[C@]43C)[C@@H]12.C=C(C)[C@@H]1CC[C@]2(COC(=O)COC)CC[C@]3(C)[C@H](CC[C@@H]4[C@@]5(C)CC[C@H](OC(C)=O)C(C)(C)[C@@H]5CC[C@]43C)[C@@H]12.COCC(=O)Cl.O=C(Cl)CBr. The molecule has 15 saturated carbocycles. The minimum atomic E-state index is -0.461. The number of halogens is 4. The van der Waals surface area contributed by atoms with E-state index >= 15 is 0 Å². The summed E-state index contributed by atoms with van der Waals surface area (Å²) >= 11 is 15.7. The summed E-state index contributed by atoms with van der Waals surface area (Å²) in [5, 5.41) is 10.4. The molecule has 125 heavy (non-hydrogen) atoms. The molecule has 15 rings (SSSR count). The van der Waals surface area contributed by atoms with Crippen LogP contribution in [0.1, 0.15) is 338 Å². The number of carbonyl (C=O) groups is 7. The van der Waals surface area contributed by atoms with Crippen LogP contribution in [0.3, 0.4) is 0 Å². The summed E-state index contributed by atoms with van der Waals surface area (Å²) < 4.78 is 39.0. The van der Waals surface area contributed by atoms with E-state index in [4.69, 9.17) is 51.6 Å². The molecule has 15 aliphatic rings. The van der Waals surface area contributed by atoms with Gasteiger partial charge in [-0.25, -0.2) is 4.79 Å². The van der Waals surface area contributed by atoms with Crippen molar-refractivity contribution in [2.24, 2.45) is 170 Å². The summed E-state index contributed by atoms with van der Waals surface area (Å²) in [6, 6.07) is 0. The Bertz CT molecular complexity index is 3990. The van der Waals surface area contributed by atoms with Crippen LogP contribution >= 0.6 is 55.1 Å². The fourth-order valence-corrected chi connectivity index (χ4v) is 36.8. The van der Waals surface area contributed by atoms with E-state index in [1.165, 1.54) is 159 Å². The summed E-state index contributed by atoms with van der Waals surface area (Å²) in [4.78, 5) is 79.6. The topological polar surface area (TPSA) is 204 Å². The summed E-state index contributed by atoms with van der Waals surface area (Å²) in [5.74, 6) is 8.30. The summed E-state index contributed by atoms with van der Waals surface area (Å²) in [6.07, 6.45) is 36.0. The van der Waals surface area contributed by atoms with Crippen molar-refractivity contribution < 1.29 is 71.8 Å². The molecule has 710 valence electrons. The monoisotopic (exact) mass is 1910 g/mol. The molecule has 0 amide bonds. The molecule has 0 aromatic heterocycles. The third-order valence-electron chi connectivity index (χ3n) is 42.6. The van der Waals surface area contributed by atoms with E-state index in [-0.39, 0.29) is 142 Å². The number of esters is 5. The lowest BCUT2D eigenvalue weighted by molar-refractivity contribution is -0.252. The Balaban J connectivity index is 0.000000172. The van der Waals surface area contributed by atoms with Gasteiger partial charge in [0.05, 0.1) is 18.5 Å². The van der Waals surface area contributed by atoms with Crippen LogP contribution in [0.5, 0.6) is 0 Å². The lowest BCUT2D eigenvalue weighted by Gasteiger charge is -2.73. The van der Waals surface area contributed by atoms with Crippen molar-refractivity contribution in [3.63, 3.8) is 0 Å². The van der Waals surface area contributed by atoms with Crippen LogP contribution in [0, 0.1) is 170 Å². The van der Waals surface area contributed by atoms with E-state index in [0.717, 1.165) is 63.7 Å². The zero-order chi connectivity index (χ0) is 92.8. The number of ether oxygens (including phenoxy) is 7. The van der Waals surface area contributed by atoms with Gasteiger partial charge in [0.1, 0.15) is 36.9 Å². The molecule has 15 nitrogen and oxygen atoms in total. The third kappa shape index (κ3) is 17.6. The van der Waals surface area contributed by atoms with Gasteiger partial charge >= 0.3 is 29.8 Å². The van der Waals surface area contributed by atoms with E-state index in [9.17, 15) is 38.7 Å². The van der Waals surface area contributed by atoms with Gasteiger partial charge in [-0.2, -0.15) is 0 Å². The van der Waals surface area contributed by atoms with Gasteiger partial charge in [-0.3, -0.25) is 28.8 Å². The average molecular weight is 1910 g/mol. The molecule has 19 heteroatoms. The average Bonchev–Trinajstić information content (AvgIpc) is 1.66. The third-order valence-corrected chi connectivity index (χ3v) is 44.1. The minimum absolute atomic E-state index is 0.00154. The highest BCUT2D eigenvalue weighted by molar-refractivity contribution is 9.09. The molecular weight excluding hydrogens is 1740 g/mol. The molecular formula is C106H168Br2Cl2O15. The van der Waals surface area contributed by atoms with Gasteiger partial charge in [0.25, 0.3) is 0 Å². The maximum atomic E-state index is 12.4. The van der Waals surface area contributed by atoms with Gasteiger partial charge in [0.15, 0.2) is 0 Å². The van der Waals surface area contributed by atoms with Crippen molar-refractivity contribution in [3.8, 4) is 0 Å². The van der Waals surface area contributed by atoms with Gasteiger partial charge in [0, 0.05) is 68.7 Å². The summed E-state index contributed by atoms with van der Waals surface area (Å²) in [7, 11) is 2.97. The van der Waals surface area contributed by atoms with Crippen LogP contribution in [0.4, 0.5) is 0 Å². The van der Waals surface area contributed by atoms with E-state index in [2.05, 4.69) is 181 Å². The van der Waals surface area contributed by atoms with Crippen molar-refractivity contribution in [3.05, 3.63) is 36.5 Å². The van der Waals surface area contributed by atoms with E-state index in [1.807, 2.05) is 0 Å². The fraction of sp³-hybridized carbons (Fsp3) is 0.877. The van der Waals surface area contributed by atoms with Crippen molar-refractivity contribution in [1.82, 2.24) is 0 Å². The number of methoxy groups -OCH3 is 2. The molecule has 0 heterocycles. The minimum Gasteiger partial charge on any atom is -0.464 e. The van der Waals surface area contributed by atoms with Gasteiger partial charge in [-0.15, -0.1) is 0 Å². The number of aliphatic hydroxyl groups is 1. The maximum absolute atomic E-state index is 12.4. The second kappa shape index (κ2) is 37.9. The Hall–Kier alpha value is -2.67. The van der Waals surface area contributed by atoms with Crippen molar-refractivity contribution in [2.75, 3.05) is 57.9 Å². The Morgan fingerprint density at radius 2 is 0.624 bits per heavy atom. The van der Waals surface area contributed by atoms with E-state index in [1.54, 1.807) is 27.9 Å². The number of fused-ring (bicyclic) bond motifs is 21. The van der Waals surface area contributed by atoms with Crippen LogP contribution in [-0.4, -0.2) is 122 Å². The molecule has 15 aliphatic carbocycles. The van der Waals surface area contributed by atoms with Gasteiger partial charge < -0.3 is 38.3 Å². The highest BCUT2D eigenvalue weighted by atomic mass is 79.9. The van der Waals surface area contributed by atoms with Crippen LogP contribution in [0.15, 0.2) is 36.5 Å². The summed E-state index contributed by atoms with van der Waals surface area (Å²) in [6.45, 7) is 64.4. The lowest BCUT2D eigenvalue weighted by atomic mass is 9.32. The molecule has 0 unspecified atom stereocenters. The molecule has 0 bridgehead atoms. The van der Waals surface area contributed by atoms with E-state index in [0.29, 0.717) is 119 Å². The fourth-order valence-electron chi connectivity index (χ4n) is 36.6. The van der Waals surface area contributed by atoms with Crippen molar-refractivity contribution in [1.29, 1.82) is 0 Å². The molecule has 15 fully saturated rings. The van der Waals surface area contributed by atoms with Crippen LogP contribution in [0.2, 0.25) is 0 Å². The normalized spacial score (nSPS) is 45.5. The number of allylic oxidation sites excluding steroid dienone is 3. The largest absolute Gasteiger partial charge is 0.464 e. The first-order valence-electron chi connectivity index (χ1n) is 49.0. The van der Waals surface area contributed by atoms with Crippen LogP contribution < -0.4 is 0 Å². The number of rotatable bonds is 17. The highest BCUT2D eigenvalue weighted by Crippen LogP contribution is 2.82. The quantitative estimate of drug-likeness (QED) is 0.0473. The molecule has 0 radical (unpaired) electrons. The highest BCUT2D eigenvalue weighted by Gasteiger charge is 2.76. The first kappa shape index (κ1) is 103. The number of hydrogen-bond donors (Lipinski definition) is 1. The van der Waals surface area contributed by atoms with Crippen LogP contribution in [-0.2, 0) is 66.7 Å². The molecule has 0 aromatic carbocycles. The number of hydrogen-bond acceptors (Lipinski definition) is 15. The first-order chi connectivity index (χ1) is 58.1. The van der Waals surface area contributed by atoms with Gasteiger partial charge in [-0.1, -0.05) is 172 Å². The molecule has 0 aromatic rings. The first-order valence-corrected chi connectivity index (χ1v) is 52.0. The van der Waals surface area contributed by atoms with Crippen LogP contribution in [0.25, 0.3) is 0 Å². The molecule has 0 saturated heterocycles. The molecule has 0 spiro atoms. The standard InChI is InChI=1S/C35H56O5.C34H53BrO4.C32H52O3.C3H5ClO2.C2H2BrClO/c1-22(2)24-12-17-35(21-39-29(37)20-38-9)19-18-33(7)25(30(24)35)10-11-27-32(6)15-14-28(40-23(3)36)31(4,5)26(32)13-16-34(27,33)8;1-21(2)23-11-16-34(20-38-28(37)19-35)18-17-32(7)24(29(23)34)9-10-26-31(6)14-13-27(39-22(3)36)30(4,5)25(31)12-15-33(26,32)8;1-20(2)22-11-16-32(19-33)18-17-30(7)23(27(22)32)9-10-25-29(6)14-13-26(35-21(3)34)28(4,5)24(29)12-15-31(25,30)8;1-6-2-3(4)5;3-1-2(4)5/h24-28,30H,1,10-21H2,2-9H3;23-27,29H,1,9-20H2,2-8H3;22-27,33H,1,9-19H2,2-8H3;2H2,1H3;1H2/t24-,25+,26-,27+,28-,30+,32-,33+,34+,35+;23-,24+,25-,26+,27-,29+,31-,32+,33+,34+;22-,23+,24-,25+,26-,27+,29-,30+,31+,32+;;/m000../s1. The van der Waals surface area contributed by atoms with E-state index < -0.39 is 5.24 Å². The molecule has 1 N–H and O–H groups in total. The Labute approximate surface area is 782 Å². The molecule has 0 aliphatic heterocycles. The Kier molecular flexibility index (Phi) is 31.2. The predicted octanol–water partition coefficient (Wildman–Crippen LogP) is 25.4. The number of alkyl halides is 2. The van der Waals surface area contributed by atoms with Crippen molar-refractivity contribution >= 4 is 95.4 Å². The molecule has 30 atom stereocenters. The zero-order valence-electron chi connectivity index (χ0n) is 81.9. The second-order valence-electron chi connectivity index (χ2n) is 48.3. The van der Waals surface area contributed by atoms with Gasteiger partial charge in [-0.05, 0) is 380 Å². The Morgan fingerprint density at radius 1 is 0.336 bits per heavy atom. The van der Waals surface area contributed by atoms with Gasteiger partial charge in [0.2, 0.25) is 10.5 Å². The number of carbonyl (C=O) groups excluding carboxylic acids is 7.